The summed E-state index contributed by atoms with van der Waals surface area (Å²) in [4.78, 5) is 24.4. The Bertz CT molecular complexity index is 841. The summed E-state index contributed by atoms with van der Waals surface area (Å²) in [6.07, 6.45) is 0.0336. The topological polar surface area (TPSA) is 76.7 Å². The van der Waals surface area contributed by atoms with E-state index in [1.165, 1.54) is 7.11 Å². The van der Waals surface area contributed by atoms with Crippen LogP contribution in [0.15, 0.2) is 48.5 Å². The number of carbonyl (C=O) groups is 2. The average Bonchev–Trinajstić information content (AvgIpc) is 2.67. The Balaban J connectivity index is 2.09. The van der Waals surface area contributed by atoms with E-state index in [-0.39, 0.29) is 18.6 Å². The number of carbonyl (C=O) groups excluding carboxylic acids is 2. The van der Waals surface area contributed by atoms with Crippen molar-refractivity contribution in [1.82, 2.24) is 10.6 Å². The fraction of sp³-hybridized carbons (Fsp3) is 0.364. The molecule has 2 atom stereocenters. The number of benzene rings is 2. The molecule has 0 saturated heterocycles. The molecule has 0 radical (unpaired) electrons. The first kappa shape index (κ1) is 22.6. The molecular formula is C22H27ClN2O4. The van der Waals surface area contributed by atoms with Gasteiger partial charge in [-0.1, -0.05) is 41.9 Å². The van der Waals surface area contributed by atoms with Gasteiger partial charge in [0.05, 0.1) is 31.7 Å². The predicted octanol–water partition coefficient (Wildman–Crippen LogP) is 4.79. The Labute approximate surface area is 176 Å². The predicted molar refractivity (Wildman–Crippen MR) is 113 cm³/mol. The summed E-state index contributed by atoms with van der Waals surface area (Å²) in [7, 11) is 1.31. The zero-order valence-electron chi connectivity index (χ0n) is 17.1. The van der Waals surface area contributed by atoms with Gasteiger partial charge in [-0.3, -0.25) is 4.79 Å². The number of methoxy groups -OCH3 is 1. The lowest BCUT2D eigenvalue weighted by Gasteiger charge is -2.22. The van der Waals surface area contributed by atoms with E-state index in [4.69, 9.17) is 21.1 Å². The number of ether oxygens (including phenoxy) is 2. The molecule has 29 heavy (non-hydrogen) atoms. The molecule has 2 aromatic rings. The molecule has 2 rings (SSSR count). The quantitative estimate of drug-likeness (QED) is 0.604. The van der Waals surface area contributed by atoms with Crippen LogP contribution in [0.25, 0.3) is 0 Å². The minimum absolute atomic E-state index is 0.0280. The van der Waals surface area contributed by atoms with Crippen LogP contribution in [0, 0.1) is 0 Å². The van der Waals surface area contributed by atoms with E-state index in [9.17, 15) is 9.59 Å². The average molecular weight is 419 g/mol. The molecule has 2 aromatic carbocycles. The van der Waals surface area contributed by atoms with Gasteiger partial charge in [-0.25, -0.2) is 4.79 Å². The van der Waals surface area contributed by atoms with Crippen LogP contribution in [0.2, 0.25) is 5.02 Å². The summed E-state index contributed by atoms with van der Waals surface area (Å²) < 4.78 is 10.5. The number of halogens is 1. The van der Waals surface area contributed by atoms with Crippen LogP contribution in [-0.2, 0) is 9.53 Å². The maximum absolute atomic E-state index is 12.6. The van der Waals surface area contributed by atoms with Crippen LogP contribution in [-0.4, -0.2) is 25.2 Å². The molecule has 0 saturated carbocycles. The first-order valence-corrected chi connectivity index (χ1v) is 9.82. The number of amides is 2. The highest BCUT2D eigenvalue weighted by molar-refractivity contribution is 6.31. The molecule has 2 amide bonds. The van der Waals surface area contributed by atoms with Gasteiger partial charge in [-0.15, -0.1) is 0 Å². The first-order valence-electron chi connectivity index (χ1n) is 9.45. The van der Waals surface area contributed by atoms with Crippen molar-refractivity contribution >= 4 is 23.6 Å². The third kappa shape index (κ3) is 6.98. The summed E-state index contributed by atoms with van der Waals surface area (Å²) in [6, 6.07) is 13.3. The number of esters is 1. The first-order chi connectivity index (χ1) is 13.8. The molecular weight excluding hydrogens is 392 g/mol. The fourth-order valence-corrected chi connectivity index (χ4v) is 3.12. The van der Waals surface area contributed by atoms with Crippen LogP contribution >= 0.6 is 11.6 Å². The van der Waals surface area contributed by atoms with E-state index < -0.39 is 18.0 Å². The van der Waals surface area contributed by atoms with Gasteiger partial charge in [0, 0.05) is 5.02 Å². The number of hydrogen-bond acceptors (Lipinski definition) is 4. The molecule has 2 N–H and O–H groups in total. The monoisotopic (exact) mass is 418 g/mol. The molecule has 0 heterocycles. The van der Waals surface area contributed by atoms with Gasteiger partial charge < -0.3 is 20.1 Å². The molecule has 0 aliphatic heterocycles. The second-order valence-electron chi connectivity index (χ2n) is 6.93. The molecule has 2 unspecified atom stereocenters. The van der Waals surface area contributed by atoms with Crippen LogP contribution in [0.5, 0.6) is 5.75 Å². The van der Waals surface area contributed by atoms with E-state index in [2.05, 4.69) is 10.6 Å². The molecule has 0 fully saturated rings. The summed E-state index contributed by atoms with van der Waals surface area (Å²) in [5.41, 5.74) is 1.55. The van der Waals surface area contributed by atoms with Gasteiger partial charge >= 0.3 is 12.0 Å². The molecule has 0 aromatic heterocycles. The molecule has 0 bridgehead atoms. The van der Waals surface area contributed by atoms with E-state index in [0.717, 1.165) is 11.3 Å². The smallest absolute Gasteiger partial charge is 0.315 e. The van der Waals surface area contributed by atoms with Crippen molar-refractivity contribution in [2.24, 2.45) is 0 Å². The van der Waals surface area contributed by atoms with Gasteiger partial charge in [0.2, 0.25) is 0 Å². The van der Waals surface area contributed by atoms with Crippen molar-refractivity contribution in [1.29, 1.82) is 0 Å². The van der Waals surface area contributed by atoms with Crippen LogP contribution in [0.1, 0.15) is 50.4 Å². The Hall–Kier alpha value is -2.73. The Morgan fingerprint density at radius 2 is 1.76 bits per heavy atom. The molecule has 0 spiro atoms. The molecule has 0 aliphatic rings. The van der Waals surface area contributed by atoms with Gasteiger partial charge in [0.15, 0.2) is 0 Å². The normalized spacial score (nSPS) is 12.8. The van der Waals surface area contributed by atoms with Crippen molar-refractivity contribution < 1.29 is 19.1 Å². The third-order valence-electron chi connectivity index (χ3n) is 4.26. The zero-order chi connectivity index (χ0) is 21.4. The maximum Gasteiger partial charge on any atom is 0.315 e. The fourth-order valence-electron chi connectivity index (χ4n) is 2.86. The van der Waals surface area contributed by atoms with Gasteiger partial charge in [0.1, 0.15) is 5.75 Å². The highest BCUT2D eigenvalue weighted by Crippen LogP contribution is 2.26. The van der Waals surface area contributed by atoms with Crippen molar-refractivity contribution in [3.8, 4) is 5.75 Å². The third-order valence-corrected chi connectivity index (χ3v) is 4.61. The molecule has 0 aliphatic carbocycles. The van der Waals surface area contributed by atoms with Gasteiger partial charge in [-0.05, 0) is 50.1 Å². The second-order valence-corrected chi connectivity index (χ2v) is 7.34. The lowest BCUT2D eigenvalue weighted by atomic mass is 10.0. The Kier molecular flexibility index (Phi) is 8.34. The van der Waals surface area contributed by atoms with Crippen LogP contribution in [0.4, 0.5) is 4.79 Å². The number of nitrogens with one attached hydrogen (secondary N) is 2. The molecule has 7 heteroatoms. The van der Waals surface area contributed by atoms with Crippen molar-refractivity contribution in [2.75, 3.05) is 7.11 Å². The minimum Gasteiger partial charge on any atom is -0.491 e. The zero-order valence-corrected chi connectivity index (χ0v) is 17.8. The largest absolute Gasteiger partial charge is 0.491 e. The van der Waals surface area contributed by atoms with Crippen LogP contribution in [0.3, 0.4) is 0 Å². The summed E-state index contributed by atoms with van der Waals surface area (Å²) >= 11 is 6.25. The lowest BCUT2D eigenvalue weighted by Crippen LogP contribution is -2.40. The van der Waals surface area contributed by atoms with E-state index in [0.29, 0.717) is 10.6 Å². The highest BCUT2D eigenvalue weighted by Gasteiger charge is 2.22. The van der Waals surface area contributed by atoms with Crippen molar-refractivity contribution in [2.45, 2.75) is 45.4 Å². The molecule has 6 nitrogen and oxygen atoms in total. The highest BCUT2D eigenvalue weighted by atomic mass is 35.5. The number of urea groups is 1. The van der Waals surface area contributed by atoms with E-state index in [1.807, 2.05) is 45.0 Å². The van der Waals surface area contributed by atoms with Gasteiger partial charge in [-0.2, -0.15) is 0 Å². The maximum atomic E-state index is 12.6. The van der Waals surface area contributed by atoms with E-state index >= 15 is 0 Å². The summed E-state index contributed by atoms with van der Waals surface area (Å²) in [5, 5.41) is 6.17. The summed E-state index contributed by atoms with van der Waals surface area (Å²) in [5.74, 6) is 0.299. The SMILES string of the molecule is COC(=O)CC(NC(=O)NC(C)c1cccc(OC(C)C)c1)c1ccccc1Cl. The van der Waals surface area contributed by atoms with E-state index in [1.54, 1.807) is 24.3 Å². The number of hydrogen-bond donors (Lipinski definition) is 2. The lowest BCUT2D eigenvalue weighted by molar-refractivity contribution is -0.141. The minimum atomic E-state index is -0.612. The standard InChI is InChI=1S/C22H27ClN2O4/c1-14(2)29-17-9-7-8-16(12-17)15(3)24-22(27)25-20(13-21(26)28-4)18-10-5-6-11-19(18)23/h5-12,14-15,20H,13H2,1-4H3,(H2,24,25,27). The van der Waals surface area contributed by atoms with Gasteiger partial charge in [0.25, 0.3) is 0 Å². The summed E-state index contributed by atoms with van der Waals surface area (Å²) in [6.45, 7) is 5.79. The van der Waals surface area contributed by atoms with Crippen LogP contribution < -0.4 is 15.4 Å². The Morgan fingerprint density at radius 1 is 1.03 bits per heavy atom. The second kappa shape index (κ2) is 10.7. The van der Waals surface area contributed by atoms with Crippen molar-refractivity contribution in [3.05, 3.63) is 64.7 Å². The number of rotatable bonds is 8. The van der Waals surface area contributed by atoms with Crippen molar-refractivity contribution in [3.63, 3.8) is 0 Å². The molecule has 156 valence electrons. The Morgan fingerprint density at radius 3 is 2.41 bits per heavy atom.